The molecule has 1 fully saturated rings. The van der Waals surface area contributed by atoms with E-state index in [0.29, 0.717) is 36.3 Å². The van der Waals surface area contributed by atoms with Crippen LogP contribution in [0.2, 0.25) is 5.02 Å². The predicted octanol–water partition coefficient (Wildman–Crippen LogP) is 1.04. The third-order valence-electron chi connectivity index (χ3n) is 3.86. The molecule has 0 radical (unpaired) electrons. The number of halogens is 1. The van der Waals surface area contributed by atoms with Crippen LogP contribution in [0.25, 0.3) is 11.4 Å². The van der Waals surface area contributed by atoms with Crippen LogP contribution in [0.15, 0.2) is 28.8 Å². The monoisotopic (exact) mass is 364 g/mol. The molecule has 1 aromatic carbocycles. The highest BCUT2D eigenvalue weighted by Crippen LogP contribution is 2.19. The first-order valence-corrected chi connectivity index (χ1v) is 8.18. The van der Waals surface area contributed by atoms with Gasteiger partial charge in [-0.05, 0) is 24.3 Å². The second-order valence-electron chi connectivity index (χ2n) is 5.62. The fraction of sp³-hybridized carbons (Fsp3) is 0.375. The van der Waals surface area contributed by atoms with Gasteiger partial charge in [0.15, 0.2) is 6.10 Å². The maximum absolute atomic E-state index is 12.3. The highest BCUT2D eigenvalue weighted by molar-refractivity contribution is 6.30. The largest absolute Gasteiger partial charge is 0.367 e. The number of nitrogens with two attached hydrogens (primary N) is 1. The van der Waals surface area contributed by atoms with E-state index in [9.17, 15) is 9.59 Å². The predicted molar refractivity (Wildman–Crippen MR) is 88.6 cm³/mol. The standard InChI is InChI=1S/C16H17ClN4O4/c17-11-3-1-10(2-4-11)16-19-13(25-20-16)5-6-14(22)21-7-8-24-12(9-21)15(18)23/h1-4,12H,5-9H2,(H2,18,23). The molecule has 0 bridgehead atoms. The van der Waals surface area contributed by atoms with Gasteiger partial charge in [-0.15, -0.1) is 0 Å². The van der Waals surface area contributed by atoms with E-state index in [0.717, 1.165) is 5.56 Å². The summed E-state index contributed by atoms with van der Waals surface area (Å²) in [5, 5.41) is 4.53. The Kier molecular flexibility index (Phi) is 5.30. The third-order valence-corrected chi connectivity index (χ3v) is 4.11. The van der Waals surface area contributed by atoms with Gasteiger partial charge >= 0.3 is 0 Å². The molecule has 132 valence electrons. The lowest BCUT2D eigenvalue weighted by Gasteiger charge is -2.31. The number of primary amides is 1. The van der Waals surface area contributed by atoms with Crippen molar-refractivity contribution < 1.29 is 18.8 Å². The van der Waals surface area contributed by atoms with Gasteiger partial charge in [0, 0.05) is 30.0 Å². The number of carbonyl (C=O) groups excluding carboxylic acids is 2. The lowest BCUT2D eigenvalue weighted by atomic mass is 10.2. The van der Waals surface area contributed by atoms with E-state index < -0.39 is 12.0 Å². The number of morpholine rings is 1. The van der Waals surface area contributed by atoms with Gasteiger partial charge in [0.25, 0.3) is 0 Å². The lowest BCUT2D eigenvalue weighted by Crippen LogP contribution is -2.50. The fourth-order valence-electron chi connectivity index (χ4n) is 2.49. The number of hydrogen-bond acceptors (Lipinski definition) is 6. The zero-order valence-corrected chi connectivity index (χ0v) is 14.1. The molecule has 1 atom stereocenters. The van der Waals surface area contributed by atoms with Gasteiger partial charge in [0.05, 0.1) is 13.2 Å². The van der Waals surface area contributed by atoms with E-state index in [1.165, 1.54) is 0 Å². The van der Waals surface area contributed by atoms with E-state index in [2.05, 4.69) is 10.1 Å². The zero-order valence-electron chi connectivity index (χ0n) is 13.4. The first kappa shape index (κ1) is 17.4. The average molecular weight is 365 g/mol. The molecule has 1 aliphatic heterocycles. The minimum Gasteiger partial charge on any atom is -0.367 e. The van der Waals surface area contributed by atoms with Crippen molar-refractivity contribution in [1.29, 1.82) is 0 Å². The number of rotatable bonds is 5. The van der Waals surface area contributed by atoms with E-state index >= 15 is 0 Å². The Balaban J connectivity index is 1.56. The van der Waals surface area contributed by atoms with Crippen LogP contribution in [0, 0.1) is 0 Å². The average Bonchev–Trinajstić information content (AvgIpc) is 3.09. The van der Waals surface area contributed by atoms with Gasteiger partial charge < -0.3 is 19.9 Å². The van der Waals surface area contributed by atoms with Crippen LogP contribution < -0.4 is 5.73 Å². The molecular weight excluding hydrogens is 348 g/mol. The summed E-state index contributed by atoms with van der Waals surface area (Å²) in [6.45, 7) is 0.900. The Morgan fingerprint density at radius 1 is 1.32 bits per heavy atom. The van der Waals surface area contributed by atoms with Crippen molar-refractivity contribution in [2.75, 3.05) is 19.7 Å². The Morgan fingerprint density at radius 2 is 2.08 bits per heavy atom. The molecule has 8 nitrogen and oxygen atoms in total. The van der Waals surface area contributed by atoms with Crippen molar-refractivity contribution >= 4 is 23.4 Å². The molecule has 2 aromatic rings. The molecule has 0 saturated carbocycles. The highest BCUT2D eigenvalue weighted by atomic mass is 35.5. The summed E-state index contributed by atoms with van der Waals surface area (Å²) in [6.07, 6.45) is -0.233. The molecule has 9 heteroatoms. The Hall–Kier alpha value is -2.45. The molecule has 2 N–H and O–H groups in total. The van der Waals surface area contributed by atoms with Gasteiger partial charge in [0.1, 0.15) is 0 Å². The quantitative estimate of drug-likeness (QED) is 0.848. The molecule has 3 rings (SSSR count). The number of carbonyl (C=O) groups is 2. The smallest absolute Gasteiger partial charge is 0.248 e. The Bertz CT molecular complexity index is 762. The van der Waals surface area contributed by atoms with E-state index in [1.54, 1.807) is 29.2 Å². The summed E-state index contributed by atoms with van der Waals surface area (Å²) in [5.74, 6) is 0.139. The van der Waals surface area contributed by atoms with Gasteiger partial charge in [-0.3, -0.25) is 9.59 Å². The molecule has 25 heavy (non-hydrogen) atoms. The van der Waals surface area contributed by atoms with Crippen LogP contribution in [0.4, 0.5) is 0 Å². The number of nitrogens with zero attached hydrogens (tertiary/aromatic N) is 3. The van der Waals surface area contributed by atoms with Crippen molar-refractivity contribution in [3.8, 4) is 11.4 Å². The first-order chi connectivity index (χ1) is 12.0. The van der Waals surface area contributed by atoms with Crippen LogP contribution in [0.5, 0.6) is 0 Å². The number of aromatic nitrogens is 2. The first-order valence-electron chi connectivity index (χ1n) is 7.80. The Labute approximate surface area is 148 Å². The van der Waals surface area contributed by atoms with Crippen molar-refractivity contribution in [3.05, 3.63) is 35.2 Å². The topological polar surface area (TPSA) is 112 Å². The minimum atomic E-state index is -0.752. The van der Waals surface area contributed by atoms with Crippen molar-refractivity contribution in [3.63, 3.8) is 0 Å². The number of hydrogen-bond donors (Lipinski definition) is 1. The van der Waals surface area contributed by atoms with Crippen LogP contribution in [-0.4, -0.2) is 52.7 Å². The third kappa shape index (κ3) is 4.34. The number of amides is 2. The van der Waals surface area contributed by atoms with Crippen LogP contribution in [0.3, 0.4) is 0 Å². The molecule has 2 heterocycles. The second kappa shape index (κ2) is 7.62. The molecule has 0 spiro atoms. The van der Waals surface area contributed by atoms with Crippen molar-refractivity contribution in [2.45, 2.75) is 18.9 Å². The molecule has 2 amide bonds. The highest BCUT2D eigenvalue weighted by Gasteiger charge is 2.27. The number of ether oxygens (including phenoxy) is 1. The fourth-order valence-corrected chi connectivity index (χ4v) is 2.62. The zero-order chi connectivity index (χ0) is 17.8. The van der Waals surface area contributed by atoms with E-state index in [1.807, 2.05) is 0 Å². The molecule has 1 saturated heterocycles. The molecule has 0 aliphatic carbocycles. The molecule has 1 unspecified atom stereocenters. The van der Waals surface area contributed by atoms with Gasteiger partial charge in [-0.2, -0.15) is 4.98 Å². The lowest BCUT2D eigenvalue weighted by molar-refractivity contribution is -0.145. The SMILES string of the molecule is NC(=O)C1CN(C(=O)CCc2nc(-c3ccc(Cl)cc3)no2)CCO1. The normalized spacial score (nSPS) is 17.5. The van der Waals surface area contributed by atoms with Gasteiger partial charge in [-0.25, -0.2) is 0 Å². The molecular formula is C16H17ClN4O4. The van der Waals surface area contributed by atoms with Crippen molar-refractivity contribution in [1.82, 2.24) is 15.0 Å². The van der Waals surface area contributed by atoms with Gasteiger partial charge in [-0.1, -0.05) is 16.8 Å². The van der Waals surface area contributed by atoms with Crippen LogP contribution >= 0.6 is 11.6 Å². The minimum absolute atomic E-state index is 0.110. The van der Waals surface area contributed by atoms with Crippen LogP contribution in [0.1, 0.15) is 12.3 Å². The summed E-state index contributed by atoms with van der Waals surface area (Å²) >= 11 is 5.85. The van der Waals surface area contributed by atoms with Gasteiger partial charge in [0.2, 0.25) is 23.5 Å². The summed E-state index contributed by atoms with van der Waals surface area (Å²) < 4.78 is 10.4. The Morgan fingerprint density at radius 3 is 2.80 bits per heavy atom. The van der Waals surface area contributed by atoms with E-state index in [-0.39, 0.29) is 18.9 Å². The summed E-state index contributed by atoms with van der Waals surface area (Å²) in [5.41, 5.74) is 6.00. The molecule has 1 aromatic heterocycles. The number of aryl methyl sites for hydroxylation is 1. The van der Waals surface area contributed by atoms with E-state index in [4.69, 9.17) is 26.6 Å². The second-order valence-corrected chi connectivity index (χ2v) is 6.06. The molecule has 1 aliphatic rings. The maximum atomic E-state index is 12.3. The summed E-state index contributed by atoms with van der Waals surface area (Å²) in [6, 6.07) is 7.06. The van der Waals surface area contributed by atoms with Crippen molar-refractivity contribution in [2.24, 2.45) is 5.73 Å². The summed E-state index contributed by atoms with van der Waals surface area (Å²) in [4.78, 5) is 29.3. The maximum Gasteiger partial charge on any atom is 0.248 e. The number of benzene rings is 1. The summed E-state index contributed by atoms with van der Waals surface area (Å²) in [7, 11) is 0. The van der Waals surface area contributed by atoms with Crippen LogP contribution in [-0.2, 0) is 20.7 Å².